The molecule has 1 atom stereocenters. The van der Waals surface area contributed by atoms with Gasteiger partial charge in [-0.3, -0.25) is 0 Å². The number of piperazine rings is 1. The third kappa shape index (κ3) is 2.41. The summed E-state index contributed by atoms with van der Waals surface area (Å²) in [7, 11) is 0. The third-order valence-electron chi connectivity index (χ3n) is 4.89. The van der Waals surface area contributed by atoms with Crippen molar-refractivity contribution in [1.29, 1.82) is 0 Å². The van der Waals surface area contributed by atoms with E-state index >= 15 is 0 Å². The summed E-state index contributed by atoms with van der Waals surface area (Å²) in [5.74, 6) is -1.52. The molecule has 1 aromatic carbocycles. The second-order valence-corrected chi connectivity index (χ2v) is 6.16. The largest absolute Gasteiger partial charge is 0.365 e. The van der Waals surface area contributed by atoms with Gasteiger partial charge in [0.25, 0.3) is 0 Å². The van der Waals surface area contributed by atoms with E-state index in [0.29, 0.717) is 6.04 Å². The Morgan fingerprint density at radius 2 is 2.00 bits per heavy atom. The molecule has 1 heterocycles. The maximum atomic E-state index is 13.5. The van der Waals surface area contributed by atoms with Crippen molar-refractivity contribution in [3.8, 4) is 0 Å². The molecule has 1 spiro atoms. The fourth-order valence-electron chi connectivity index (χ4n) is 3.67. The van der Waals surface area contributed by atoms with Crippen LogP contribution in [-0.4, -0.2) is 24.7 Å². The average Bonchev–Trinajstić information content (AvgIpc) is 2.90. The number of rotatable bonds is 2. The number of anilines is 1. The van der Waals surface area contributed by atoms with Gasteiger partial charge in [0.2, 0.25) is 0 Å². The molecule has 1 aliphatic carbocycles. The summed E-state index contributed by atoms with van der Waals surface area (Å²) in [5, 5.41) is 3.71. The van der Waals surface area contributed by atoms with Crippen molar-refractivity contribution in [3.05, 3.63) is 29.8 Å². The number of benzene rings is 1. The number of nitrogens with one attached hydrogen (secondary N) is 1. The Bertz CT molecular complexity index is 483. The van der Waals surface area contributed by atoms with Crippen molar-refractivity contribution in [2.45, 2.75) is 50.6 Å². The first kappa shape index (κ1) is 13.8. The lowest BCUT2D eigenvalue weighted by molar-refractivity contribution is 0.267. The van der Waals surface area contributed by atoms with Crippen LogP contribution in [0.25, 0.3) is 0 Å². The van der Waals surface area contributed by atoms with E-state index in [9.17, 15) is 8.78 Å². The maximum Gasteiger partial charge on any atom is 0.160 e. The van der Waals surface area contributed by atoms with Crippen LogP contribution in [0.5, 0.6) is 0 Å². The summed E-state index contributed by atoms with van der Waals surface area (Å²) >= 11 is 0. The first-order valence-corrected chi connectivity index (χ1v) is 7.60. The van der Waals surface area contributed by atoms with Crippen molar-refractivity contribution < 1.29 is 8.78 Å². The molecule has 0 amide bonds. The predicted molar refractivity (Wildman–Crippen MR) is 77.0 cm³/mol. The zero-order valence-corrected chi connectivity index (χ0v) is 12.0. The van der Waals surface area contributed by atoms with Crippen LogP contribution in [0.1, 0.15) is 39.0 Å². The molecule has 2 aliphatic rings. The quantitative estimate of drug-likeness (QED) is 0.892. The summed E-state index contributed by atoms with van der Waals surface area (Å²) < 4.78 is 26.7. The van der Waals surface area contributed by atoms with Crippen molar-refractivity contribution in [3.63, 3.8) is 0 Å². The molecule has 1 aromatic rings. The van der Waals surface area contributed by atoms with Gasteiger partial charge in [-0.1, -0.05) is 19.8 Å². The van der Waals surface area contributed by atoms with Gasteiger partial charge in [0.1, 0.15) is 0 Å². The van der Waals surface area contributed by atoms with E-state index in [4.69, 9.17) is 0 Å². The topological polar surface area (TPSA) is 15.3 Å². The zero-order chi connectivity index (χ0) is 14.2. The van der Waals surface area contributed by atoms with Crippen LogP contribution >= 0.6 is 0 Å². The smallest absolute Gasteiger partial charge is 0.160 e. The Balaban J connectivity index is 1.88. The first-order valence-electron chi connectivity index (χ1n) is 7.60. The van der Waals surface area contributed by atoms with E-state index in [0.717, 1.165) is 25.2 Å². The molecule has 2 fully saturated rings. The highest BCUT2D eigenvalue weighted by atomic mass is 19.2. The molecule has 20 heavy (non-hydrogen) atoms. The minimum absolute atomic E-state index is 0.177. The molecule has 1 unspecified atom stereocenters. The van der Waals surface area contributed by atoms with E-state index in [-0.39, 0.29) is 5.54 Å². The Kier molecular flexibility index (Phi) is 3.67. The van der Waals surface area contributed by atoms with Crippen molar-refractivity contribution in [2.75, 3.05) is 18.0 Å². The second-order valence-electron chi connectivity index (χ2n) is 6.16. The highest BCUT2D eigenvalue weighted by Gasteiger charge is 2.40. The molecule has 1 saturated heterocycles. The molecular formula is C16H22F2N2. The van der Waals surface area contributed by atoms with Crippen molar-refractivity contribution in [2.24, 2.45) is 0 Å². The van der Waals surface area contributed by atoms with Crippen LogP contribution in [-0.2, 0) is 0 Å². The van der Waals surface area contributed by atoms with Gasteiger partial charge in [-0.15, -0.1) is 0 Å². The van der Waals surface area contributed by atoms with Crippen LogP contribution in [0.4, 0.5) is 14.5 Å². The molecule has 1 N–H and O–H groups in total. The fraction of sp³-hybridized carbons (Fsp3) is 0.625. The van der Waals surface area contributed by atoms with Crippen molar-refractivity contribution >= 4 is 5.69 Å². The lowest BCUT2D eigenvalue weighted by atomic mass is 9.91. The SMILES string of the molecule is CCC1CNC2(CCCC2)CN1c1ccc(F)c(F)c1. The maximum absolute atomic E-state index is 13.5. The predicted octanol–water partition coefficient (Wildman–Crippen LogP) is 3.47. The number of hydrogen-bond acceptors (Lipinski definition) is 2. The van der Waals surface area contributed by atoms with Crippen LogP contribution in [0.2, 0.25) is 0 Å². The monoisotopic (exact) mass is 280 g/mol. The van der Waals surface area contributed by atoms with Crippen LogP contribution in [0, 0.1) is 11.6 Å². The van der Waals surface area contributed by atoms with Gasteiger partial charge in [-0.25, -0.2) is 8.78 Å². The molecule has 2 nitrogen and oxygen atoms in total. The van der Waals surface area contributed by atoms with Crippen LogP contribution in [0.3, 0.4) is 0 Å². The summed E-state index contributed by atoms with van der Waals surface area (Å²) in [6, 6.07) is 4.63. The minimum atomic E-state index is -0.771. The van der Waals surface area contributed by atoms with Gasteiger partial charge in [0.05, 0.1) is 0 Å². The van der Waals surface area contributed by atoms with Gasteiger partial charge in [0, 0.05) is 36.4 Å². The summed E-state index contributed by atoms with van der Waals surface area (Å²) in [5.41, 5.74) is 0.986. The Labute approximate surface area is 119 Å². The Morgan fingerprint density at radius 3 is 2.65 bits per heavy atom. The Hall–Kier alpha value is -1.16. The van der Waals surface area contributed by atoms with Gasteiger partial charge in [0.15, 0.2) is 11.6 Å². The summed E-state index contributed by atoms with van der Waals surface area (Å²) in [6.07, 6.45) is 5.89. The molecule has 0 aromatic heterocycles. The Morgan fingerprint density at radius 1 is 1.25 bits per heavy atom. The van der Waals surface area contributed by atoms with Gasteiger partial charge >= 0.3 is 0 Å². The zero-order valence-electron chi connectivity index (χ0n) is 12.0. The van der Waals surface area contributed by atoms with Crippen LogP contribution < -0.4 is 10.2 Å². The summed E-state index contributed by atoms with van der Waals surface area (Å²) in [4.78, 5) is 2.27. The highest BCUT2D eigenvalue weighted by molar-refractivity contribution is 5.49. The molecule has 1 aliphatic heterocycles. The summed E-state index contributed by atoms with van der Waals surface area (Å²) in [6.45, 7) is 3.97. The number of halogens is 2. The van der Waals surface area contributed by atoms with E-state index in [1.165, 1.54) is 37.8 Å². The lowest BCUT2D eigenvalue weighted by Crippen LogP contribution is -2.63. The highest BCUT2D eigenvalue weighted by Crippen LogP contribution is 2.35. The molecule has 1 saturated carbocycles. The van der Waals surface area contributed by atoms with Gasteiger partial charge < -0.3 is 10.2 Å². The molecule has 4 heteroatoms. The molecule has 0 radical (unpaired) electrons. The second kappa shape index (κ2) is 5.32. The van der Waals surface area contributed by atoms with E-state index < -0.39 is 11.6 Å². The molecule has 0 bridgehead atoms. The average molecular weight is 280 g/mol. The third-order valence-corrected chi connectivity index (χ3v) is 4.89. The van der Waals surface area contributed by atoms with Crippen molar-refractivity contribution in [1.82, 2.24) is 5.32 Å². The standard InChI is InChI=1S/C16H22F2N2/c1-2-12-10-19-16(7-3-4-8-16)11-20(12)13-5-6-14(17)15(18)9-13/h5-6,9,12,19H,2-4,7-8,10-11H2,1H3. The van der Waals surface area contributed by atoms with Gasteiger partial charge in [-0.05, 0) is 31.4 Å². The lowest BCUT2D eigenvalue weighted by Gasteiger charge is -2.47. The minimum Gasteiger partial charge on any atom is -0.365 e. The fourth-order valence-corrected chi connectivity index (χ4v) is 3.67. The van der Waals surface area contributed by atoms with E-state index in [1.54, 1.807) is 6.07 Å². The molecule has 3 rings (SSSR count). The van der Waals surface area contributed by atoms with E-state index in [1.807, 2.05) is 0 Å². The normalized spacial score (nSPS) is 25.4. The van der Waals surface area contributed by atoms with E-state index in [2.05, 4.69) is 17.1 Å². The van der Waals surface area contributed by atoms with Crippen LogP contribution in [0.15, 0.2) is 18.2 Å². The molecule has 110 valence electrons. The number of hydrogen-bond donors (Lipinski definition) is 1. The molecular weight excluding hydrogens is 258 g/mol. The van der Waals surface area contributed by atoms with Gasteiger partial charge in [-0.2, -0.15) is 0 Å². The first-order chi connectivity index (χ1) is 9.63. The number of nitrogens with zero attached hydrogens (tertiary/aromatic N) is 1.